The maximum Gasteiger partial charge on any atom is 0.159 e. The highest BCUT2D eigenvalue weighted by Crippen LogP contribution is 2.44. The first-order chi connectivity index (χ1) is 12.6. The second-order valence-corrected chi connectivity index (χ2v) is 7.72. The van der Waals surface area contributed by atoms with Crippen molar-refractivity contribution >= 4 is 28.5 Å². The van der Waals surface area contributed by atoms with Crippen LogP contribution in [0.15, 0.2) is 42.6 Å². The van der Waals surface area contributed by atoms with Crippen molar-refractivity contribution in [2.24, 2.45) is 5.92 Å². The molecule has 2 aliphatic rings. The number of allylic oxidation sites excluding steroid dienone is 1. The first kappa shape index (κ1) is 15.6. The molecule has 1 fully saturated rings. The first-order valence-electron chi connectivity index (χ1n) is 9.43. The fourth-order valence-corrected chi connectivity index (χ4v) is 4.14. The maximum absolute atomic E-state index is 11.7. The largest absolute Gasteiger partial charge is 0.325 e. The molecule has 2 heterocycles. The van der Waals surface area contributed by atoms with Gasteiger partial charge >= 0.3 is 0 Å². The lowest BCUT2D eigenvalue weighted by Crippen LogP contribution is -2.06. The van der Waals surface area contributed by atoms with E-state index >= 15 is 0 Å². The van der Waals surface area contributed by atoms with E-state index in [0.29, 0.717) is 5.92 Å². The van der Waals surface area contributed by atoms with Gasteiger partial charge in [0.05, 0.1) is 0 Å². The topological polar surface area (TPSA) is 34.9 Å². The molecule has 2 aromatic heterocycles. The van der Waals surface area contributed by atoms with E-state index in [0.717, 1.165) is 23.7 Å². The fraction of sp³-hybridized carbons (Fsp3) is 0.304. The average molecular weight is 342 g/mol. The van der Waals surface area contributed by atoms with Gasteiger partial charge in [0.25, 0.3) is 0 Å². The van der Waals surface area contributed by atoms with Gasteiger partial charge < -0.3 is 4.57 Å². The van der Waals surface area contributed by atoms with Crippen LogP contribution in [0.3, 0.4) is 0 Å². The van der Waals surface area contributed by atoms with Gasteiger partial charge in [-0.1, -0.05) is 19.1 Å². The lowest BCUT2D eigenvalue weighted by molar-refractivity contribution is 0.101. The number of ketones is 1. The van der Waals surface area contributed by atoms with Gasteiger partial charge in [0.1, 0.15) is 5.65 Å². The predicted octanol–water partition coefficient (Wildman–Crippen LogP) is 5.31. The van der Waals surface area contributed by atoms with E-state index in [1.807, 2.05) is 24.4 Å². The summed E-state index contributed by atoms with van der Waals surface area (Å²) >= 11 is 0. The number of Topliss-reactive ketones (excluding diaryl/α,β-unsaturated/α-hetero) is 1. The van der Waals surface area contributed by atoms with Crippen LogP contribution >= 0.6 is 0 Å². The standard InChI is InChI=1S/C23H22N2O/c1-14-20-8-7-17(15(2)26)10-19(20)11-21(14)22-12-18-4-3-9-24-23(18)25(22)13-16-5-6-16/h3-4,7-12,14,16H,5-6,13H2,1-2H3. The lowest BCUT2D eigenvalue weighted by Gasteiger charge is -2.15. The van der Waals surface area contributed by atoms with Crippen molar-refractivity contribution in [3.63, 3.8) is 0 Å². The second-order valence-electron chi connectivity index (χ2n) is 7.72. The highest BCUT2D eigenvalue weighted by atomic mass is 16.1. The molecule has 0 bridgehead atoms. The Morgan fingerprint density at radius 1 is 1.23 bits per heavy atom. The highest BCUT2D eigenvalue weighted by molar-refractivity contribution is 5.98. The molecule has 0 radical (unpaired) electrons. The number of nitrogens with zero attached hydrogens (tertiary/aromatic N) is 2. The average Bonchev–Trinajstić information content (AvgIpc) is 3.31. The van der Waals surface area contributed by atoms with Crippen LogP contribution in [0.2, 0.25) is 0 Å². The van der Waals surface area contributed by atoms with E-state index in [1.165, 1.54) is 40.6 Å². The second kappa shape index (κ2) is 5.66. The van der Waals surface area contributed by atoms with Gasteiger partial charge in [-0.3, -0.25) is 4.79 Å². The van der Waals surface area contributed by atoms with Gasteiger partial charge in [0, 0.05) is 35.3 Å². The van der Waals surface area contributed by atoms with Crippen molar-refractivity contribution in [1.29, 1.82) is 0 Å². The molecular weight excluding hydrogens is 320 g/mol. The molecule has 3 nitrogen and oxygen atoms in total. The number of hydrogen-bond acceptors (Lipinski definition) is 2. The molecule has 5 rings (SSSR count). The normalized spacial score (nSPS) is 18.8. The molecule has 1 saturated carbocycles. The van der Waals surface area contributed by atoms with E-state index in [9.17, 15) is 4.79 Å². The Labute approximate surface area is 153 Å². The summed E-state index contributed by atoms with van der Waals surface area (Å²) in [7, 11) is 0. The van der Waals surface area contributed by atoms with Gasteiger partial charge in [-0.05, 0) is 72.7 Å². The Balaban J connectivity index is 1.65. The summed E-state index contributed by atoms with van der Waals surface area (Å²) in [6, 6.07) is 12.5. The molecule has 1 aromatic carbocycles. The quantitative estimate of drug-likeness (QED) is 0.603. The molecule has 130 valence electrons. The zero-order valence-electron chi connectivity index (χ0n) is 15.2. The number of carbonyl (C=O) groups is 1. The van der Waals surface area contributed by atoms with Crippen molar-refractivity contribution in [2.75, 3.05) is 0 Å². The minimum Gasteiger partial charge on any atom is -0.325 e. The van der Waals surface area contributed by atoms with Gasteiger partial charge in [-0.25, -0.2) is 4.98 Å². The Hall–Kier alpha value is -2.68. The number of fused-ring (bicyclic) bond motifs is 2. The molecular formula is C23H22N2O. The van der Waals surface area contributed by atoms with Gasteiger partial charge in [-0.2, -0.15) is 0 Å². The van der Waals surface area contributed by atoms with E-state index in [-0.39, 0.29) is 5.78 Å². The summed E-state index contributed by atoms with van der Waals surface area (Å²) in [6.07, 6.45) is 6.80. The number of benzene rings is 1. The van der Waals surface area contributed by atoms with Crippen LogP contribution in [0.4, 0.5) is 0 Å². The zero-order valence-corrected chi connectivity index (χ0v) is 15.2. The molecule has 26 heavy (non-hydrogen) atoms. The van der Waals surface area contributed by atoms with Crippen LogP contribution in [-0.2, 0) is 6.54 Å². The van der Waals surface area contributed by atoms with E-state index < -0.39 is 0 Å². The summed E-state index contributed by atoms with van der Waals surface area (Å²) in [5.41, 5.74) is 6.96. The van der Waals surface area contributed by atoms with Crippen LogP contribution in [0.1, 0.15) is 59.8 Å². The van der Waals surface area contributed by atoms with Crippen LogP contribution in [0, 0.1) is 5.92 Å². The molecule has 0 aliphatic heterocycles. The third-order valence-corrected chi connectivity index (χ3v) is 5.83. The Kier molecular flexibility index (Phi) is 3.39. The van der Waals surface area contributed by atoms with Crippen LogP contribution in [-0.4, -0.2) is 15.3 Å². The number of pyridine rings is 1. The van der Waals surface area contributed by atoms with Crippen LogP contribution < -0.4 is 0 Å². The van der Waals surface area contributed by atoms with Crippen molar-refractivity contribution in [3.05, 3.63) is 65.0 Å². The summed E-state index contributed by atoms with van der Waals surface area (Å²) in [6.45, 7) is 4.94. The minimum atomic E-state index is 0.120. The Morgan fingerprint density at radius 3 is 2.85 bits per heavy atom. The number of rotatable bonds is 4. The Morgan fingerprint density at radius 2 is 2.08 bits per heavy atom. The highest BCUT2D eigenvalue weighted by Gasteiger charge is 2.29. The number of carbonyl (C=O) groups excluding carboxylic acids is 1. The molecule has 0 amide bonds. The monoisotopic (exact) mass is 342 g/mol. The lowest BCUT2D eigenvalue weighted by atomic mass is 9.94. The first-order valence-corrected chi connectivity index (χ1v) is 9.43. The molecule has 3 heteroatoms. The molecule has 3 aromatic rings. The molecule has 0 spiro atoms. The van der Waals surface area contributed by atoms with Crippen molar-refractivity contribution in [3.8, 4) is 0 Å². The van der Waals surface area contributed by atoms with Crippen molar-refractivity contribution in [2.45, 2.75) is 39.2 Å². The van der Waals surface area contributed by atoms with Gasteiger partial charge in [-0.15, -0.1) is 0 Å². The smallest absolute Gasteiger partial charge is 0.159 e. The number of aromatic nitrogens is 2. The predicted molar refractivity (Wildman–Crippen MR) is 105 cm³/mol. The van der Waals surface area contributed by atoms with Crippen molar-refractivity contribution in [1.82, 2.24) is 9.55 Å². The molecule has 2 aliphatic carbocycles. The summed E-state index contributed by atoms with van der Waals surface area (Å²) < 4.78 is 2.41. The zero-order chi connectivity index (χ0) is 17.8. The fourth-order valence-electron chi connectivity index (χ4n) is 4.14. The summed E-state index contributed by atoms with van der Waals surface area (Å²) in [5, 5.41) is 1.21. The number of hydrogen-bond donors (Lipinski definition) is 0. The molecule has 0 N–H and O–H groups in total. The minimum absolute atomic E-state index is 0.120. The van der Waals surface area contributed by atoms with Crippen molar-refractivity contribution < 1.29 is 4.79 Å². The molecule has 1 unspecified atom stereocenters. The summed E-state index contributed by atoms with van der Waals surface area (Å²) in [4.78, 5) is 16.4. The third kappa shape index (κ3) is 2.42. The van der Waals surface area contributed by atoms with E-state index in [4.69, 9.17) is 0 Å². The molecule has 0 saturated heterocycles. The van der Waals surface area contributed by atoms with Crippen LogP contribution in [0.5, 0.6) is 0 Å². The summed E-state index contributed by atoms with van der Waals surface area (Å²) in [5.74, 6) is 1.23. The van der Waals surface area contributed by atoms with Crippen LogP contribution in [0.25, 0.3) is 22.7 Å². The third-order valence-electron chi connectivity index (χ3n) is 5.83. The molecule has 1 atom stereocenters. The SMILES string of the molecule is CC(=O)c1ccc2c(c1)C=C(c1cc3cccnc3n1CC1CC1)C2C. The van der Waals surface area contributed by atoms with Gasteiger partial charge in [0.2, 0.25) is 0 Å². The van der Waals surface area contributed by atoms with E-state index in [2.05, 4.69) is 40.7 Å². The Bertz CT molecular complexity index is 1070. The van der Waals surface area contributed by atoms with Gasteiger partial charge in [0.15, 0.2) is 5.78 Å². The van der Waals surface area contributed by atoms with E-state index in [1.54, 1.807) is 6.92 Å². The maximum atomic E-state index is 11.7.